The molecule has 0 saturated carbocycles. The summed E-state index contributed by atoms with van der Waals surface area (Å²) in [6.07, 6.45) is 5.27. The van der Waals surface area contributed by atoms with Crippen LogP contribution in [-0.2, 0) is 13.2 Å². The molecule has 1 fully saturated rings. The molecule has 1 aromatic heterocycles. The first kappa shape index (κ1) is 11.7. The van der Waals surface area contributed by atoms with Gasteiger partial charge in [0.15, 0.2) is 0 Å². The highest BCUT2D eigenvalue weighted by Crippen LogP contribution is 2.19. The fraction of sp³-hybridized carbons (Fsp3) is 0.692. The average Bonchev–Trinajstić information content (AvgIpc) is 2.65. The molecule has 0 bridgehead atoms. The lowest BCUT2D eigenvalue weighted by molar-refractivity contribution is 0.182. The standard InChI is InChI=1S/C13H21NO2/c1-11-5-3-2-4-8-14(11)9-12-6-7-13(10-15)16-12/h6-7,11,15H,2-5,8-10H2,1H3. The molecular formula is C13H21NO2. The van der Waals surface area contributed by atoms with E-state index >= 15 is 0 Å². The summed E-state index contributed by atoms with van der Waals surface area (Å²) in [5, 5.41) is 8.95. The summed E-state index contributed by atoms with van der Waals surface area (Å²) in [4.78, 5) is 2.48. The molecule has 3 heteroatoms. The van der Waals surface area contributed by atoms with Gasteiger partial charge in [0.1, 0.15) is 18.1 Å². The number of nitrogens with zero attached hydrogens (tertiary/aromatic N) is 1. The first-order chi connectivity index (χ1) is 7.79. The van der Waals surface area contributed by atoms with Crippen LogP contribution < -0.4 is 0 Å². The van der Waals surface area contributed by atoms with Crippen LogP contribution in [0, 0.1) is 0 Å². The van der Waals surface area contributed by atoms with Crippen molar-refractivity contribution in [2.75, 3.05) is 6.54 Å². The van der Waals surface area contributed by atoms with E-state index in [0.29, 0.717) is 11.8 Å². The van der Waals surface area contributed by atoms with E-state index < -0.39 is 0 Å². The number of furan rings is 1. The lowest BCUT2D eigenvalue weighted by Crippen LogP contribution is -2.31. The predicted octanol–water partition coefficient (Wildman–Crippen LogP) is 2.54. The summed E-state index contributed by atoms with van der Waals surface area (Å²) in [5.74, 6) is 1.63. The third kappa shape index (κ3) is 2.86. The molecule has 1 aromatic rings. The van der Waals surface area contributed by atoms with Gasteiger partial charge in [0.2, 0.25) is 0 Å². The predicted molar refractivity (Wildman–Crippen MR) is 63.0 cm³/mol. The van der Waals surface area contributed by atoms with Crippen molar-refractivity contribution in [3.05, 3.63) is 23.7 Å². The van der Waals surface area contributed by atoms with E-state index in [2.05, 4.69) is 11.8 Å². The summed E-state index contributed by atoms with van der Waals surface area (Å²) >= 11 is 0. The summed E-state index contributed by atoms with van der Waals surface area (Å²) < 4.78 is 5.53. The summed E-state index contributed by atoms with van der Waals surface area (Å²) in [6, 6.07) is 4.48. The van der Waals surface area contributed by atoms with E-state index in [1.165, 1.54) is 25.7 Å². The number of aliphatic hydroxyl groups excluding tert-OH is 1. The third-order valence-corrected chi connectivity index (χ3v) is 3.42. The minimum atomic E-state index is -0.00441. The van der Waals surface area contributed by atoms with Gasteiger partial charge in [-0.15, -0.1) is 0 Å². The van der Waals surface area contributed by atoms with E-state index in [1.54, 1.807) is 0 Å². The van der Waals surface area contributed by atoms with Crippen molar-refractivity contribution in [1.29, 1.82) is 0 Å². The molecule has 1 unspecified atom stereocenters. The number of hydrogen-bond acceptors (Lipinski definition) is 3. The largest absolute Gasteiger partial charge is 0.462 e. The first-order valence-corrected chi connectivity index (χ1v) is 6.22. The zero-order valence-electron chi connectivity index (χ0n) is 9.98. The van der Waals surface area contributed by atoms with E-state index in [9.17, 15) is 0 Å². The van der Waals surface area contributed by atoms with Crippen molar-refractivity contribution < 1.29 is 9.52 Å². The van der Waals surface area contributed by atoms with E-state index in [4.69, 9.17) is 9.52 Å². The van der Waals surface area contributed by atoms with Crippen LogP contribution in [0.25, 0.3) is 0 Å². The van der Waals surface area contributed by atoms with Crippen LogP contribution in [0.2, 0.25) is 0 Å². The maximum absolute atomic E-state index is 8.95. The molecule has 90 valence electrons. The fourth-order valence-electron chi connectivity index (χ4n) is 2.36. The van der Waals surface area contributed by atoms with E-state index in [-0.39, 0.29) is 6.61 Å². The molecule has 16 heavy (non-hydrogen) atoms. The van der Waals surface area contributed by atoms with Crippen LogP contribution >= 0.6 is 0 Å². The maximum Gasteiger partial charge on any atom is 0.129 e. The quantitative estimate of drug-likeness (QED) is 0.855. The highest BCUT2D eigenvalue weighted by atomic mass is 16.4. The Labute approximate surface area is 97.1 Å². The molecular weight excluding hydrogens is 202 g/mol. The van der Waals surface area contributed by atoms with Gasteiger partial charge in [-0.25, -0.2) is 0 Å². The Morgan fingerprint density at radius 1 is 1.31 bits per heavy atom. The second kappa shape index (κ2) is 5.51. The van der Waals surface area contributed by atoms with E-state index in [0.717, 1.165) is 18.8 Å². The molecule has 0 aliphatic carbocycles. The van der Waals surface area contributed by atoms with Crippen molar-refractivity contribution in [2.45, 2.75) is 51.8 Å². The molecule has 1 N–H and O–H groups in total. The first-order valence-electron chi connectivity index (χ1n) is 6.22. The monoisotopic (exact) mass is 223 g/mol. The molecule has 3 nitrogen and oxygen atoms in total. The zero-order valence-corrected chi connectivity index (χ0v) is 9.98. The highest BCUT2D eigenvalue weighted by Gasteiger charge is 2.18. The van der Waals surface area contributed by atoms with Crippen molar-refractivity contribution in [3.63, 3.8) is 0 Å². The lowest BCUT2D eigenvalue weighted by atomic mass is 10.1. The van der Waals surface area contributed by atoms with Crippen molar-refractivity contribution in [3.8, 4) is 0 Å². The molecule has 0 amide bonds. The van der Waals surface area contributed by atoms with Gasteiger partial charge in [-0.2, -0.15) is 0 Å². The van der Waals surface area contributed by atoms with Crippen LogP contribution in [0.1, 0.15) is 44.1 Å². The Hall–Kier alpha value is -0.800. The Bertz CT molecular complexity index is 321. The third-order valence-electron chi connectivity index (χ3n) is 3.42. The molecule has 1 aliphatic rings. The Balaban J connectivity index is 1.96. The van der Waals surface area contributed by atoms with Gasteiger partial charge < -0.3 is 9.52 Å². The smallest absolute Gasteiger partial charge is 0.129 e. The molecule has 0 radical (unpaired) electrons. The zero-order chi connectivity index (χ0) is 11.4. The Morgan fingerprint density at radius 3 is 2.88 bits per heavy atom. The van der Waals surface area contributed by atoms with Crippen LogP contribution in [0.15, 0.2) is 16.5 Å². The summed E-state index contributed by atoms with van der Waals surface area (Å²) in [7, 11) is 0. The van der Waals surface area contributed by atoms with Gasteiger partial charge in [-0.1, -0.05) is 12.8 Å². The van der Waals surface area contributed by atoms with Gasteiger partial charge in [0, 0.05) is 6.04 Å². The fourth-order valence-corrected chi connectivity index (χ4v) is 2.36. The minimum absolute atomic E-state index is 0.00441. The molecule has 0 spiro atoms. The summed E-state index contributed by atoms with van der Waals surface area (Å²) in [5.41, 5.74) is 0. The van der Waals surface area contributed by atoms with Gasteiger partial charge >= 0.3 is 0 Å². The van der Waals surface area contributed by atoms with Crippen LogP contribution in [0.4, 0.5) is 0 Å². The molecule has 1 atom stereocenters. The van der Waals surface area contributed by atoms with Gasteiger partial charge in [0.05, 0.1) is 6.54 Å². The summed E-state index contributed by atoms with van der Waals surface area (Å²) in [6.45, 7) is 4.33. The van der Waals surface area contributed by atoms with Crippen molar-refractivity contribution >= 4 is 0 Å². The molecule has 1 saturated heterocycles. The Kier molecular flexibility index (Phi) is 4.02. The van der Waals surface area contributed by atoms with E-state index in [1.807, 2.05) is 12.1 Å². The van der Waals surface area contributed by atoms with Crippen LogP contribution in [-0.4, -0.2) is 22.6 Å². The molecule has 0 aromatic carbocycles. The lowest BCUT2D eigenvalue weighted by Gasteiger charge is -2.25. The minimum Gasteiger partial charge on any atom is -0.462 e. The average molecular weight is 223 g/mol. The second-order valence-electron chi connectivity index (χ2n) is 4.69. The SMILES string of the molecule is CC1CCCCCN1Cc1ccc(CO)o1. The Morgan fingerprint density at radius 2 is 2.12 bits per heavy atom. The molecule has 1 aliphatic heterocycles. The topological polar surface area (TPSA) is 36.6 Å². The van der Waals surface area contributed by atoms with Gasteiger partial charge in [0.25, 0.3) is 0 Å². The second-order valence-corrected chi connectivity index (χ2v) is 4.69. The number of rotatable bonds is 3. The molecule has 2 rings (SSSR count). The highest BCUT2D eigenvalue weighted by molar-refractivity contribution is 5.06. The van der Waals surface area contributed by atoms with Crippen LogP contribution in [0.5, 0.6) is 0 Å². The van der Waals surface area contributed by atoms with Gasteiger partial charge in [-0.3, -0.25) is 4.90 Å². The normalized spacial score (nSPS) is 23.2. The van der Waals surface area contributed by atoms with Crippen molar-refractivity contribution in [2.24, 2.45) is 0 Å². The number of aliphatic hydroxyl groups is 1. The molecule has 2 heterocycles. The maximum atomic E-state index is 8.95. The van der Waals surface area contributed by atoms with Crippen molar-refractivity contribution in [1.82, 2.24) is 4.90 Å². The van der Waals surface area contributed by atoms with Crippen LogP contribution in [0.3, 0.4) is 0 Å². The number of hydrogen-bond donors (Lipinski definition) is 1. The van der Waals surface area contributed by atoms with Gasteiger partial charge in [-0.05, 0) is 38.4 Å². The number of likely N-dealkylation sites (tertiary alicyclic amines) is 1.